The number of hydrogen-bond donors (Lipinski definition) is 0. The summed E-state index contributed by atoms with van der Waals surface area (Å²) >= 11 is 0. The van der Waals surface area contributed by atoms with Crippen LogP contribution in [0.4, 0.5) is 13.2 Å². The molecule has 0 aliphatic carbocycles. The van der Waals surface area contributed by atoms with Gasteiger partial charge >= 0.3 is 15.6 Å². The first-order chi connectivity index (χ1) is 14.4. The molecule has 0 unspecified atom stereocenters. The van der Waals surface area contributed by atoms with Crippen molar-refractivity contribution in [1.82, 2.24) is 0 Å². The van der Waals surface area contributed by atoms with Crippen LogP contribution in [0.1, 0.15) is 27.2 Å². The summed E-state index contributed by atoms with van der Waals surface area (Å²) in [6.45, 7) is 6.08. The Kier molecular flexibility index (Phi) is 8.26. The summed E-state index contributed by atoms with van der Waals surface area (Å²) in [4.78, 5) is 0. The summed E-state index contributed by atoms with van der Waals surface area (Å²) in [7, 11) is -8.26. The van der Waals surface area contributed by atoms with Crippen LogP contribution < -0.4 is 10.4 Å². The minimum absolute atomic E-state index is 0.191. The van der Waals surface area contributed by atoms with E-state index in [9.17, 15) is 21.6 Å². The van der Waals surface area contributed by atoms with Crippen molar-refractivity contribution in [3.8, 4) is 0 Å². The van der Waals surface area contributed by atoms with Crippen LogP contribution in [0.25, 0.3) is 0 Å². The van der Waals surface area contributed by atoms with Crippen molar-refractivity contribution in [3.05, 3.63) is 72.8 Å². The predicted molar refractivity (Wildman–Crippen MR) is 118 cm³/mol. The Labute approximate surface area is 183 Å². The monoisotopic (exact) mass is 472 g/mol. The molecule has 0 aromatic heterocycles. The van der Waals surface area contributed by atoms with Gasteiger partial charge in [0.15, 0.2) is 0 Å². The van der Waals surface area contributed by atoms with E-state index in [4.69, 9.17) is 4.43 Å². The van der Waals surface area contributed by atoms with E-state index in [-0.39, 0.29) is 5.04 Å². The first-order valence-corrected chi connectivity index (χ1v) is 13.1. The van der Waals surface area contributed by atoms with Crippen LogP contribution in [0.5, 0.6) is 0 Å². The number of benzene rings is 2. The van der Waals surface area contributed by atoms with Gasteiger partial charge in [0.25, 0.3) is 8.32 Å². The van der Waals surface area contributed by atoms with Gasteiger partial charge < -0.3 is 4.43 Å². The standard InChI is InChI=1S/C22H27F3O4SSi/c1-21(2,3)31(19-13-7-4-8-14-19,20-15-9-5-10-16-20)29-18-12-6-11-17-28-30(26,27)22(23,24)25/h4-11,13-16H,12,17-18H2,1-3H3/b11-6+. The molecule has 0 atom stereocenters. The molecule has 9 heteroatoms. The third-order valence-corrected chi connectivity index (χ3v) is 10.8. The normalized spacial score (nSPS) is 13.6. The van der Waals surface area contributed by atoms with Gasteiger partial charge in [-0.25, -0.2) is 0 Å². The summed E-state index contributed by atoms with van der Waals surface area (Å²) in [5.41, 5.74) is -5.42. The predicted octanol–water partition coefficient (Wildman–Crippen LogP) is 4.38. The zero-order valence-corrected chi connectivity index (χ0v) is 19.5. The second kappa shape index (κ2) is 10.1. The molecule has 2 aromatic carbocycles. The van der Waals surface area contributed by atoms with E-state index >= 15 is 0 Å². The topological polar surface area (TPSA) is 52.6 Å². The molecule has 0 spiro atoms. The highest BCUT2D eigenvalue weighted by Crippen LogP contribution is 2.36. The van der Waals surface area contributed by atoms with Gasteiger partial charge in [-0.2, -0.15) is 21.6 Å². The molecule has 0 heterocycles. The Bertz CT molecular complexity index is 914. The van der Waals surface area contributed by atoms with Crippen LogP contribution in [-0.2, 0) is 18.7 Å². The molecule has 0 saturated carbocycles. The lowest BCUT2D eigenvalue weighted by Gasteiger charge is -2.43. The molecule has 0 saturated heterocycles. The van der Waals surface area contributed by atoms with E-state index in [0.29, 0.717) is 13.0 Å². The van der Waals surface area contributed by atoms with Crippen LogP contribution in [0.15, 0.2) is 72.8 Å². The van der Waals surface area contributed by atoms with Crippen LogP contribution >= 0.6 is 0 Å². The molecule has 0 radical (unpaired) electrons. The van der Waals surface area contributed by atoms with E-state index in [1.54, 1.807) is 6.08 Å². The van der Waals surface area contributed by atoms with Crippen molar-refractivity contribution in [2.75, 3.05) is 13.2 Å². The maximum Gasteiger partial charge on any atom is 0.523 e. The molecule has 0 N–H and O–H groups in total. The van der Waals surface area contributed by atoms with Gasteiger partial charge in [-0.05, 0) is 21.8 Å². The van der Waals surface area contributed by atoms with Crippen molar-refractivity contribution in [3.63, 3.8) is 0 Å². The highest BCUT2D eigenvalue weighted by atomic mass is 32.2. The van der Waals surface area contributed by atoms with Gasteiger partial charge in [0.2, 0.25) is 0 Å². The molecule has 0 aliphatic heterocycles. The van der Waals surface area contributed by atoms with Crippen LogP contribution in [0, 0.1) is 0 Å². The largest absolute Gasteiger partial charge is 0.523 e. The first kappa shape index (κ1) is 25.3. The summed E-state index contributed by atoms with van der Waals surface area (Å²) in [6, 6.07) is 20.1. The van der Waals surface area contributed by atoms with Crippen molar-refractivity contribution in [1.29, 1.82) is 0 Å². The van der Waals surface area contributed by atoms with E-state index in [1.807, 2.05) is 36.4 Å². The van der Waals surface area contributed by atoms with Crippen LogP contribution in [0.2, 0.25) is 5.04 Å². The lowest BCUT2D eigenvalue weighted by molar-refractivity contribution is -0.0535. The molecule has 2 rings (SSSR count). The molecule has 31 heavy (non-hydrogen) atoms. The Morgan fingerprint density at radius 3 is 1.77 bits per heavy atom. The smallest absolute Gasteiger partial charge is 0.407 e. The molecular formula is C22H27F3O4SSi. The van der Waals surface area contributed by atoms with E-state index < -0.39 is 30.6 Å². The van der Waals surface area contributed by atoms with E-state index in [1.165, 1.54) is 6.08 Å². The van der Waals surface area contributed by atoms with Crippen molar-refractivity contribution in [2.45, 2.75) is 37.7 Å². The fourth-order valence-electron chi connectivity index (χ4n) is 3.42. The Balaban J connectivity index is 2.15. The van der Waals surface area contributed by atoms with Gasteiger partial charge in [0.1, 0.15) is 0 Å². The van der Waals surface area contributed by atoms with Gasteiger partial charge in [-0.3, -0.25) is 4.18 Å². The van der Waals surface area contributed by atoms with E-state index in [2.05, 4.69) is 49.2 Å². The van der Waals surface area contributed by atoms with Crippen LogP contribution in [0.3, 0.4) is 0 Å². The summed E-state index contributed by atoms with van der Waals surface area (Å²) < 4.78 is 69.2. The SMILES string of the molecule is CC(C)(C)[Si](OCC/C=C/COS(=O)(=O)C(F)(F)F)(c1ccccc1)c1ccccc1. The Morgan fingerprint density at radius 2 is 1.35 bits per heavy atom. The fraction of sp³-hybridized carbons (Fsp3) is 0.364. The van der Waals surface area contributed by atoms with Gasteiger partial charge in [0.05, 0.1) is 6.61 Å². The third-order valence-electron chi connectivity index (χ3n) is 4.79. The van der Waals surface area contributed by atoms with Crippen molar-refractivity contribution >= 4 is 28.8 Å². The highest BCUT2D eigenvalue weighted by Gasteiger charge is 2.50. The molecular weight excluding hydrogens is 445 g/mol. The molecule has 0 fully saturated rings. The minimum Gasteiger partial charge on any atom is -0.407 e. The van der Waals surface area contributed by atoms with Gasteiger partial charge in [-0.15, -0.1) is 0 Å². The number of hydrogen-bond acceptors (Lipinski definition) is 4. The fourth-order valence-corrected chi connectivity index (χ4v) is 8.39. The molecule has 0 bridgehead atoms. The quantitative estimate of drug-likeness (QED) is 0.179. The van der Waals surface area contributed by atoms with E-state index in [0.717, 1.165) is 10.4 Å². The molecule has 0 aliphatic rings. The lowest BCUT2D eigenvalue weighted by atomic mass is 10.2. The van der Waals surface area contributed by atoms with Gasteiger partial charge in [0, 0.05) is 6.61 Å². The zero-order chi connectivity index (χ0) is 23.2. The molecule has 2 aromatic rings. The molecule has 170 valence electrons. The zero-order valence-electron chi connectivity index (χ0n) is 17.7. The maximum atomic E-state index is 12.3. The lowest BCUT2D eigenvalue weighted by Crippen LogP contribution is -2.66. The second-order valence-electron chi connectivity index (χ2n) is 7.96. The maximum absolute atomic E-state index is 12.3. The average molecular weight is 473 g/mol. The minimum atomic E-state index is -5.58. The highest BCUT2D eigenvalue weighted by molar-refractivity contribution is 7.87. The van der Waals surface area contributed by atoms with Gasteiger partial charge in [-0.1, -0.05) is 93.6 Å². The summed E-state index contributed by atoms with van der Waals surface area (Å²) in [6.07, 6.45) is 3.21. The first-order valence-electron chi connectivity index (χ1n) is 9.77. The van der Waals surface area contributed by atoms with Crippen molar-refractivity contribution < 1.29 is 30.2 Å². The number of alkyl halides is 3. The molecule has 4 nitrogen and oxygen atoms in total. The molecule has 0 amide bonds. The van der Waals surface area contributed by atoms with Crippen molar-refractivity contribution in [2.24, 2.45) is 0 Å². The summed E-state index contributed by atoms with van der Waals surface area (Å²) in [5.74, 6) is 0. The van der Waals surface area contributed by atoms with Crippen LogP contribution in [-0.4, -0.2) is 35.5 Å². The third kappa shape index (κ3) is 6.06. The Morgan fingerprint density at radius 1 is 0.871 bits per heavy atom. The number of halogens is 3. The second-order valence-corrected chi connectivity index (χ2v) is 13.9. The average Bonchev–Trinajstić information content (AvgIpc) is 2.69. The number of rotatable bonds is 9. The Hall–Kier alpha value is -1.94. The summed E-state index contributed by atoms with van der Waals surface area (Å²) in [5, 5.41) is 2.05.